The fourth-order valence-corrected chi connectivity index (χ4v) is 2.05. The molecule has 21 heavy (non-hydrogen) atoms. The van der Waals surface area contributed by atoms with E-state index in [0.29, 0.717) is 6.42 Å². The first-order chi connectivity index (χ1) is 10.2. The van der Waals surface area contributed by atoms with Crippen molar-refractivity contribution in [1.29, 1.82) is 0 Å². The lowest BCUT2D eigenvalue weighted by Crippen LogP contribution is -2.00. The molecule has 0 amide bonds. The zero-order valence-electron chi connectivity index (χ0n) is 14.1. The maximum Gasteiger partial charge on any atom is 0.303 e. The molecule has 0 saturated heterocycles. The molecule has 0 aromatic rings. The molecule has 0 saturated carbocycles. The Kier molecular flexibility index (Phi) is 23.4. The molecule has 0 radical (unpaired) electrons. The smallest absolute Gasteiger partial charge is 0.303 e. The van der Waals surface area contributed by atoms with Crippen LogP contribution < -0.4 is 11.5 Å². The summed E-state index contributed by atoms with van der Waals surface area (Å²) in [6.45, 7) is 3.86. The minimum Gasteiger partial charge on any atom is -0.481 e. The van der Waals surface area contributed by atoms with Gasteiger partial charge in [-0.3, -0.25) is 4.79 Å². The van der Waals surface area contributed by atoms with E-state index in [2.05, 4.69) is 6.92 Å². The van der Waals surface area contributed by atoms with Crippen LogP contribution in [0.25, 0.3) is 0 Å². The second kappa shape index (κ2) is 21.7. The summed E-state index contributed by atoms with van der Waals surface area (Å²) in [5.41, 5.74) is 10.6. The van der Waals surface area contributed by atoms with Crippen LogP contribution in [0.5, 0.6) is 0 Å². The van der Waals surface area contributed by atoms with Gasteiger partial charge in [-0.1, -0.05) is 64.7 Å². The number of carboxylic acids is 1. The quantitative estimate of drug-likeness (QED) is 0.422. The van der Waals surface area contributed by atoms with Gasteiger partial charge in [0.25, 0.3) is 0 Å². The highest BCUT2D eigenvalue weighted by molar-refractivity contribution is 5.66. The van der Waals surface area contributed by atoms with Gasteiger partial charge in [-0.15, -0.1) is 0 Å². The van der Waals surface area contributed by atoms with Crippen molar-refractivity contribution in [2.24, 2.45) is 11.5 Å². The number of hydrogen-bond donors (Lipinski definition) is 3. The summed E-state index contributed by atoms with van der Waals surface area (Å²) in [5, 5.41) is 8.39. The zero-order chi connectivity index (χ0) is 16.2. The van der Waals surface area contributed by atoms with Crippen LogP contribution in [0.15, 0.2) is 0 Å². The third kappa shape index (κ3) is 28.3. The predicted molar refractivity (Wildman–Crippen MR) is 91.4 cm³/mol. The molecule has 0 atom stereocenters. The lowest BCUT2D eigenvalue weighted by atomic mass is 10.1. The maximum absolute atomic E-state index is 10.2. The molecule has 4 nitrogen and oxygen atoms in total. The minimum absolute atomic E-state index is 0.342. The van der Waals surface area contributed by atoms with Gasteiger partial charge in [0.05, 0.1) is 0 Å². The Morgan fingerprint density at radius 2 is 1.10 bits per heavy atom. The van der Waals surface area contributed by atoms with E-state index in [1.54, 1.807) is 0 Å². The lowest BCUT2D eigenvalue weighted by molar-refractivity contribution is -0.137. The highest BCUT2D eigenvalue weighted by Crippen LogP contribution is 2.09. The first-order valence-electron chi connectivity index (χ1n) is 8.80. The van der Waals surface area contributed by atoms with Gasteiger partial charge in [-0.2, -0.15) is 0 Å². The van der Waals surface area contributed by atoms with E-state index in [-0.39, 0.29) is 0 Å². The van der Waals surface area contributed by atoms with E-state index in [4.69, 9.17) is 16.6 Å². The molecule has 0 aromatic heterocycles. The van der Waals surface area contributed by atoms with Crippen LogP contribution >= 0.6 is 0 Å². The number of carbonyl (C=O) groups is 1. The number of nitrogens with two attached hydrogens (primary N) is 2. The van der Waals surface area contributed by atoms with Crippen molar-refractivity contribution in [3.8, 4) is 0 Å². The number of unbranched alkanes of at least 4 members (excludes halogenated alkanes) is 10. The normalized spacial score (nSPS) is 10.0. The van der Waals surface area contributed by atoms with Crippen molar-refractivity contribution >= 4 is 5.97 Å². The fourth-order valence-electron chi connectivity index (χ4n) is 2.05. The van der Waals surface area contributed by atoms with Gasteiger partial charge in [0, 0.05) is 6.42 Å². The minimum atomic E-state index is -0.661. The summed E-state index contributed by atoms with van der Waals surface area (Å²) >= 11 is 0. The third-order valence-corrected chi connectivity index (χ3v) is 3.40. The Labute approximate surface area is 131 Å². The second-order valence-corrected chi connectivity index (χ2v) is 5.61. The first-order valence-corrected chi connectivity index (χ1v) is 8.80. The molecule has 0 unspecified atom stereocenters. The van der Waals surface area contributed by atoms with Gasteiger partial charge in [-0.05, 0) is 32.4 Å². The summed E-state index contributed by atoms with van der Waals surface area (Å²) in [4.78, 5) is 10.2. The number of carboxylic acid groups (broad SMARTS) is 1. The molecule has 4 heteroatoms. The molecular formula is C17H38N2O2. The zero-order valence-corrected chi connectivity index (χ0v) is 14.1. The van der Waals surface area contributed by atoms with Crippen molar-refractivity contribution in [2.45, 2.75) is 90.4 Å². The van der Waals surface area contributed by atoms with Crippen LogP contribution in [0.4, 0.5) is 0 Å². The Morgan fingerprint density at radius 3 is 1.48 bits per heavy atom. The topological polar surface area (TPSA) is 89.3 Å². The molecule has 0 aliphatic heterocycles. The Hall–Kier alpha value is -0.610. The van der Waals surface area contributed by atoms with E-state index in [0.717, 1.165) is 38.8 Å². The molecule has 0 aliphatic carbocycles. The first kappa shape index (κ1) is 22.7. The van der Waals surface area contributed by atoms with Gasteiger partial charge in [0.15, 0.2) is 0 Å². The van der Waals surface area contributed by atoms with Crippen LogP contribution in [0, 0.1) is 0 Å². The van der Waals surface area contributed by atoms with Crippen molar-refractivity contribution in [3.63, 3.8) is 0 Å². The van der Waals surface area contributed by atoms with Gasteiger partial charge in [-0.25, -0.2) is 0 Å². The summed E-state index contributed by atoms with van der Waals surface area (Å²) in [5.74, 6) is -0.661. The van der Waals surface area contributed by atoms with Gasteiger partial charge in [0.2, 0.25) is 0 Å². The molecule has 0 bridgehead atoms. The van der Waals surface area contributed by atoms with Crippen molar-refractivity contribution < 1.29 is 9.90 Å². The monoisotopic (exact) mass is 302 g/mol. The van der Waals surface area contributed by atoms with Gasteiger partial charge in [0.1, 0.15) is 0 Å². The van der Waals surface area contributed by atoms with Crippen LogP contribution in [0.3, 0.4) is 0 Å². The van der Waals surface area contributed by atoms with Crippen LogP contribution in [-0.2, 0) is 4.79 Å². The molecular weight excluding hydrogens is 264 g/mol. The third-order valence-electron chi connectivity index (χ3n) is 3.40. The molecule has 5 N–H and O–H groups in total. The molecule has 0 heterocycles. The second-order valence-electron chi connectivity index (χ2n) is 5.61. The van der Waals surface area contributed by atoms with Gasteiger partial charge >= 0.3 is 5.97 Å². The Balaban J connectivity index is 0. The van der Waals surface area contributed by atoms with Gasteiger partial charge < -0.3 is 16.6 Å². The largest absolute Gasteiger partial charge is 0.481 e. The molecule has 0 aliphatic rings. The Bertz CT molecular complexity index is 193. The van der Waals surface area contributed by atoms with E-state index in [1.165, 1.54) is 51.4 Å². The number of hydrogen-bond acceptors (Lipinski definition) is 3. The van der Waals surface area contributed by atoms with Crippen LogP contribution in [0.2, 0.25) is 0 Å². The molecule has 0 aromatic carbocycles. The average molecular weight is 303 g/mol. The van der Waals surface area contributed by atoms with Crippen molar-refractivity contribution in [2.75, 3.05) is 13.1 Å². The molecule has 128 valence electrons. The highest BCUT2D eigenvalue weighted by atomic mass is 16.4. The van der Waals surface area contributed by atoms with Crippen LogP contribution in [-0.4, -0.2) is 24.2 Å². The van der Waals surface area contributed by atoms with E-state index in [9.17, 15) is 4.79 Å². The van der Waals surface area contributed by atoms with E-state index < -0.39 is 5.97 Å². The molecule has 0 fully saturated rings. The standard InChI is InChI=1S/C11H22O2.C6H16N2/c1-2-3-4-5-6-7-8-9-10-11(12)13;7-5-3-1-2-4-6-8/h2-10H2,1H3,(H,12,13);1-8H2. The molecule has 0 spiro atoms. The van der Waals surface area contributed by atoms with E-state index in [1.807, 2.05) is 0 Å². The van der Waals surface area contributed by atoms with Crippen LogP contribution in [0.1, 0.15) is 90.4 Å². The molecule has 0 rings (SSSR count). The fraction of sp³-hybridized carbons (Fsp3) is 0.941. The maximum atomic E-state index is 10.2. The lowest BCUT2D eigenvalue weighted by Gasteiger charge is -1.99. The van der Waals surface area contributed by atoms with E-state index >= 15 is 0 Å². The van der Waals surface area contributed by atoms with Crippen molar-refractivity contribution in [1.82, 2.24) is 0 Å². The van der Waals surface area contributed by atoms with Crippen molar-refractivity contribution in [3.05, 3.63) is 0 Å². The number of rotatable bonds is 14. The SMILES string of the molecule is CCCCCCCCCCC(=O)O.NCCCCCCN. The summed E-state index contributed by atoms with van der Waals surface area (Å²) in [7, 11) is 0. The number of aliphatic carboxylic acids is 1. The summed E-state index contributed by atoms with van der Waals surface area (Å²) in [6, 6.07) is 0. The predicted octanol–water partition coefficient (Wildman–Crippen LogP) is 4.07. The highest BCUT2D eigenvalue weighted by Gasteiger charge is 1.96. The Morgan fingerprint density at radius 1 is 0.714 bits per heavy atom. The average Bonchev–Trinajstić information content (AvgIpc) is 2.47. The summed E-state index contributed by atoms with van der Waals surface area (Å²) < 4.78 is 0. The summed E-state index contributed by atoms with van der Waals surface area (Å²) in [6.07, 6.45) is 14.8.